The minimum atomic E-state index is -0.206. The SMILES string of the molecule is CC(=O)N(c1ccc(Cl)cc1)[C@@H]1C[C@H](C)N(C(=O)c2ccc(C#CCN3CCOCC3)cc2)c2ccccc21. The standard InChI is InChI=1S/C32H32ClN3O3/c1-23-22-31(36(24(2)37)28-15-13-27(33)14-16-28)29-7-3-4-8-30(29)35(23)32(38)26-11-9-25(10-12-26)6-5-17-34-18-20-39-21-19-34/h3-4,7-16,23,31H,17-22H2,1-2H3/t23-,31+/m0/s1. The van der Waals surface area contributed by atoms with Gasteiger partial charge in [0.1, 0.15) is 0 Å². The molecule has 0 aliphatic carbocycles. The molecule has 0 aromatic heterocycles. The van der Waals surface area contributed by atoms with E-state index in [1.54, 1.807) is 24.0 Å². The number of morpholine rings is 1. The Morgan fingerprint density at radius 2 is 1.69 bits per heavy atom. The molecule has 7 heteroatoms. The van der Waals surface area contributed by atoms with Crippen LogP contribution < -0.4 is 9.80 Å². The first-order valence-corrected chi connectivity index (χ1v) is 13.7. The third-order valence-electron chi connectivity index (χ3n) is 7.31. The third kappa shape index (κ3) is 6.02. The van der Waals surface area contributed by atoms with Crippen LogP contribution in [-0.4, -0.2) is 55.6 Å². The molecular formula is C32H32ClN3O3. The summed E-state index contributed by atoms with van der Waals surface area (Å²) in [5.41, 5.74) is 4.03. The predicted octanol–water partition coefficient (Wildman–Crippen LogP) is 5.56. The molecule has 6 nitrogen and oxygen atoms in total. The highest BCUT2D eigenvalue weighted by molar-refractivity contribution is 6.30. The number of amides is 2. The molecule has 1 saturated heterocycles. The van der Waals surface area contributed by atoms with E-state index >= 15 is 0 Å². The van der Waals surface area contributed by atoms with E-state index in [2.05, 4.69) is 16.7 Å². The summed E-state index contributed by atoms with van der Waals surface area (Å²) in [6.07, 6.45) is 0.607. The van der Waals surface area contributed by atoms with Gasteiger partial charge in [-0.05, 0) is 73.5 Å². The van der Waals surface area contributed by atoms with Crippen LogP contribution in [-0.2, 0) is 9.53 Å². The van der Waals surface area contributed by atoms with Gasteiger partial charge in [-0.25, -0.2) is 0 Å². The van der Waals surface area contributed by atoms with Crippen molar-refractivity contribution in [1.29, 1.82) is 0 Å². The number of rotatable bonds is 4. The summed E-state index contributed by atoms with van der Waals surface area (Å²) in [5.74, 6) is 6.31. The lowest BCUT2D eigenvalue weighted by Crippen LogP contribution is -2.47. The molecule has 0 radical (unpaired) electrons. The molecule has 2 amide bonds. The topological polar surface area (TPSA) is 53.1 Å². The number of hydrogen-bond donors (Lipinski definition) is 0. The predicted molar refractivity (Wildman–Crippen MR) is 155 cm³/mol. The first-order valence-electron chi connectivity index (χ1n) is 13.3. The molecule has 2 aliphatic heterocycles. The molecule has 0 bridgehead atoms. The highest BCUT2D eigenvalue weighted by atomic mass is 35.5. The number of benzene rings is 3. The number of nitrogens with zero attached hydrogens (tertiary/aromatic N) is 3. The van der Waals surface area contributed by atoms with Gasteiger partial charge in [-0.1, -0.05) is 41.6 Å². The summed E-state index contributed by atoms with van der Waals surface area (Å²) in [4.78, 5) is 32.6. The number of hydrogen-bond acceptors (Lipinski definition) is 4. The van der Waals surface area contributed by atoms with Gasteiger partial charge in [-0.2, -0.15) is 0 Å². The highest BCUT2D eigenvalue weighted by Gasteiger charge is 2.38. The maximum atomic E-state index is 13.8. The number of carbonyl (C=O) groups excluding carboxylic acids is 2. The number of halogens is 1. The molecule has 200 valence electrons. The second kappa shape index (κ2) is 12.0. The van der Waals surface area contributed by atoms with E-state index in [0.717, 1.165) is 48.8 Å². The van der Waals surface area contributed by atoms with Crippen LogP contribution in [0.5, 0.6) is 0 Å². The minimum Gasteiger partial charge on any atom is -0.379 e. The summed E-state index contributed by atoms with van der Waals surface area (Å²) < 4.78 is 5.38. The maximum Gasteiger partial charge on any atom is 0.258 e. The van der Waals surface area contributed by atoms with Crippen molar-refractivity contribution in [2.75, 3.05) is 42.6 Å². The summed E-state index contributed by atoms with van der Waals surface area (Å²) >= 11 is 6.10. The Balaban J connectivity index is 1.38. The van der Waals surface area contributed by atoms with Gasteiger partial charge in [0.05, 0.1) is 25.8 Å². The van der Waals surface area contributed by atoms with Crippen LogP contribution >= 0.6 is 11.6 Å². The van der Waals surface area contributed by atoms with Crippen molar-refractivity contribution >= 4 is 34.8 Å². The monoisotopic (exact) mass is 541 g/mol. The number of para-hydroxylation sites is 1. The molecule has 0 saturated carbocycles. The maximum absolute atomic E-state index is 13.8. The molecule has 39 heavy (non-hydrogen) atoms. The lowest BCUT2D eigenvalue weighted by atomic mass is 9.89. The van der Waals surface area contributed by atoms with Crippen molar-refractivity contribution in [2.45, 2.75) is 32.4 Å². The van der Waals surface area contributed by atoms with E-state index in [4.69, 9.17) is 16.3 Å². The van der Waals surface area contributed by atoms with E-state index in [1.165, 1.54) is 0 Å². The first-order chi connectivity index (χ1) is 18.9. The normalized spacial score (nSPS) is 19.0. The number of carbonyl (C=O) groups is 2. The molecule has 0 unspecified atom stereocenters. The number of anilines is 2. The minimum absolute atomic E-state index is 0.0607. The van der Waals surface area contributed by atoms with Gasteiger partial charge >= 0.3 is 0 Å². The Kier molecular flexibility index (Phi) is 8.33. The zero-order chi connectivity index (χ0) is 27.4. The molecule has 0 spiro atoms. The molecular weight excluding hydrogens is 510 g/mol. The molecule has 5 rings (SSSR count). The fourth-order valence-corrected chi connectivity index (χ4v) is 5.49. The van der Waals surface area contributed by atoms with E-state index in [1.807, 2.05) is 72.5 Å². The zero-order valence-electron chi connectivity index (χ0n) is 22.3. The van der Waals surface area contributed by atoms with Crippen LogP contribution in [0, 0.1) is 11.8 Å². The largest absolute Gasteiger partial charge is 0.379 e. The van der Waals surface area contributed by atoms with E-state index in [9.17, 15) is 9.59 Å². The van der Waals surface area contributed by atoms with Gasteiger partial charge in [-0.3, -0.25) is 14.5 Å². The second-order valence-electron chi connectivity index (χ2n) is 9.97. The fourth-order valence-electron chi connectivity index (χ4n) is 5.37. The first kappa shape index (κ1) is 27.0. The Morgan fingerprint density at radius 1 is 1.00 bits per heavy atom. The van der Waals surface area contributed by atoms with Crippen LogP contribution in [0.4, 0.5) is 11.4 Å². The average Bonchev–Trinajstić information content (AvgIpc) is 2.95. The van der Waals surface area contributed by atoms with Crippen molar-refractivity contribution in [3.8, 4) is 11.8 Å². The molecule has 2 heterocycles. The van der Waals surface area contributed by atoms with Gasteiger partial charge in [0.2, 0.25) is 5.91 Å². The summed E-state index contributed by atoms with van der Waals surface area (Å²) in [5, 5.41) is 0.616. The molecule has 3 aromatic carbocycles. The average molecular weight is 542 g/mol. The number of ether oxygens (including phenoxy) is 1. The smallest absolute Gasteiger partial charge is 0.258 e. The van der Waals surface area contributed by atoms with E-state index < -0.39 is 0 Å². The number of fused-ring (bicyclic) bond motifs is 1. The Morgan fingerprint density at radius 3 is 2.38 bits per heavy atom. The van der Waals surface area contributed by atoms with Crippen LogP contribution in [0.3, 0.4) is 0 Å². The van der Waals surface area contributed by atoms with Gasteiger partial charge in [-0.15, -0.1) is 0 Å². The zero-order valence-corrected chi connectivity index (χ0v) is 23.0. The van der Waals surface area contributed by atoms with Crippen molar-refractivity contribution < 1.29 is 14.3 Å². The Hall–Kier alpha value is -3.63. The summed E-state index contributed by atoms with van der Waals surface area (Å²) in [6.45, 7) is 7.64. The van der Waals surface area contributed by atoms with E-state index in [-0.39, 0.29) is 23.9 Å². The lowest BCUT2D eigenvalue weighted by molar-refractivity contribution is -0.117. The Bertz CT molecular complexity index is 1390. The van der Waals surface area contributed by atoms with E-state index in [0.29, 0.717) is 23.6 Å². The van der Waals surface area contributed by atoms with Crippen molar-refractivity contribution in [3.05, 3.63) is 94.5 Å². The van der Waals surface area contributed by atoms with Crippen LogP contribution in [0.2, 0.25) is 5.02 Å². The van der Waals surface area contributed by atoms with Crippen molar-refractivity contribution in [3.63, 3.8) is 0 Å². The molecule has 0 N–H and O–H groups in total. The molecule has 3 aromatic rings. The van der Waals surface area contributed by atoms with Gasteiger partial charge < -0.3 is 14.5 Å². The molecule has 1 fully saturated rings. The van der Waals surface area contributed by atoms with Crippen molar-refractivity contribution in [1.82, 2.24) is 4.90 Å². The highest BCUT2D eigenvalue weighted by Crippen LogP contribution is 2.42. The van der Waals surface area contributed by atoms with Crippen molar-refractivity contribution in [2.24, 2.45) is 0 Å². The summed E-state index contributed by atoms with van der Waals surface area (Å²) in [7, 11) is 0. The van der Waals surface area contributed by atoms with Crippen LogP contribution in [0.1, 0.15) is 47.8 Å². The van der Waals surface area contributed by atoms with Crippen LogP contribution in [0.25, 0.3) is 0 Å². The molecule has 2 aliphatic rings. The Labute approximate surface area is 235 Å². The van der Waals surface area contributed by atoms with Gasteiger partial charge in [0.15, 0.2) is 0 Å². The third-order valence-corrected chi connectivity index (χ3v) is 7.56. The van der Waals surface area contributed by atoms with Gasteiger partial charge in [0, 0.05) is 53.6 Å². The summed E-state index contributed by atoms with van der Waals surface area (Å²) in [6, 6.07) is 22.3. The lowest BCUT2D eigenvalue weighted by Gasteiger charge is -2.43. The van der Waals surface area contributed by atoms with Gasteiger partial charge in [0.25, 0.3) is 5.91 Å². The van der Waals surface area contributed by atoms with Crippen LogP contribution in [0.15, 0.2) is 72.8 Å². The second-order valence-corrected chi connectivity index (χ2v) is 10.4. The fraction of sp³-hybridized carbons (Fsp3) is 0.312. The molecule has 2 atom stereocenters. The quantitative estimate of drug-likeness (QED) is 0.406.